The normalized spacial score (nSPS) is 14.0. The Bertz CT molecular complexity index is 663. The molecule has 0 radical (unpaired) electrons. The largest absolute Gasteiger partial charge is 0.348 e. The number of rotatable bonds is 5. The molecule has 0 spiro atoms. The number of carbonyl (C=O) groups is 1. The second-order valence-corrected chi connectivity index (χ2v) is 5.91. The Kier molecular flexibility index (Phi) is 4.04. The minimum absolute atomic E-state index is 0.136. The number of carbonyl (C=O) groups excluding carboxylic acids is 1. The maximum absolute atomic E-state index is 12.0. The summed E-state index contributed by atoms with van der Waals surface area (Å²) in [7, 11) is 0. The van der Waals surface area contributed by atoms with Crippen LogP contribution in [-0.4, -0.2) is 21.9 Å². The van der Waals surface area contributed by atoms with Crippen LogP contribution < -0.4 is 10.6 Å². The van der Waals surface area contributed by atoms with Crippen LogP contribution in [0.4, 0.5) is 11.6 Å². The van der Waals surface area contributed by atoms with E-state index in [9.17, 15) is 4.79 Å². The van der Waals surface area contributed by atoms with Crippen LogP contribution in [0.2, 0.25) is 0 Å². The Morgan fingerprint density at radius 3 is 2.55 bits per heavy atom. The fraction of sp³-hybridized carbons (Fsp3) is 0.353. The molecule has 1 aliphatic carbocycles. The maximum Gasteiger partial charge on any atom is 0.270 e. The predicted octanol–water partition coefficient (Wildman–Crippen LogP) is 3.24. The number of nitrogens with one attached hydrogen (secondary N) is 2. The highest BCUT2D eigenvalue weighted by molar-refractivity contribution is 5.92. The average molecular weight is 296 g/mol. The van der Waals surface area contributed by atoms with Crippen LogP contribution >= 0.6 is 0 Å². The van der Waals surface area contributed by atoms with Crippen LogP contribution in [-0.2, 0) is 0 Å². The second kappa shape index (κ2) is 6.13. The van der Waals surface area contributed by atoms with Crippen molar-refractivity contribution >= 4 is 17.5 Å². The van der Waals surface area contributed by atoms with E-state index in [0.717, 1.165) is 18.5 Å². The lowest BCUT2D eigenvalue weighted by molar-refractivity contribution is 0.0946. The summed E-state index contributed by atoms with van der Waals surface area (Å²) >= 11 is 0. The van der Waals surface area contributed by atoms with Crippen molar-refractivity contribution in [2.75, 3.05) is 5.32 Å². The van der Waals surface area contributed by atoms with Crippen molar-refractivity contribution in [3.05, 3.63) is 47.8 Å². The monoisotopic (exact) mass is 296 g/mol. The van der Waals surface area contributed by atoms with E-state index in [2.05, 4.69) is 46.6 Å². The number of nitrogens with zero attached hydrogens (tertiary/aromatic N) is 2. The molecule has 5 nitrogen and oxygen atoms in total. The van der Waals surface area contributed by atoms with Crippen molar-refractivity contribution in [2.45, 2.75) is 38.6 Å². The maximum atomic E-state index is 12.0. The van der Waals surface area contributed by atoms with Gasteiger partial charge in [-0.25, -0.2) is 9.97 Å². The van der Waals surface area contributed by atoms with Gasteiger partial charge in [0.15, 0.2) is 0 Å². The number of benzene rings is 1. The van der Waals surface area contributed by atoms with Crippen LogP contribution in [0.3, 0.4) is 0 Å². The topological polar surface area (TPSA) is 66.9 Å². The van der Waals surface area contributed by atoms with Crippen LogP contribution in [0, 0.1) is 0 Å². The van der Waals surface area contributed by atoms with E-state index in [1.807, 2.05) is 12.1 Å². The zero-order chi connectivity index (χ0) is 15.5. The first kappa shape index (κ1) is 14.5. The third-order valence-corrected chi connectivity index (χ3v) is 3.63. The van der Waals surface area contributed by atoms with Crippen molar-refractivity contribution in [1.82, 2.24) is 15.3 Å². The summed E-state index contributed by atoms with van der Waals surface area (Å²) in [5, 5.41) is 6.06. The van der Waals surface area contributed by atoms with Gasteiger partial charge in [-0.3, -0.25) is 4.79 Å². The van der Waals surface area contributed by atoms with Gasteiger partial charge in [-0.2, -0.15) is 0 Å². The second-order valence-electron chi connectivity index (χ2n) is 5.91. The third kappa shape index (κ3) is 3.61. The third-order valence-electron chi connectivity index (χ3n) is 3.63. The lowest BCUT2D eigenvalue weighted by Crippen LogP contribution is -2.26. The molecule has 0 bridgehead atoms. The molecule has 5 heteroatoms. The molecule has 2 N–H and O–H groups in total. The molecular formula is C17H20N4O. The van der Waals surface area contributed by atoms with Crippen molar-refractivity contribution in [3.63, 3.8) is 0 Å². The zero-order valence-corrected chi connectivity index (χ0v) is 12.8. The molecule has 1 aromatic heterocycles. The summed E-state index contributed by atoms with van der Waals surface area (Å²) in [5.41, 5.74) is 2.58. The van der Waals surface area contributed by atoms with Gasteiger partial charge in [0.1, 0.15) is 5.69 Å². The molecule has 1 amide bonds. The van der Waals surface area contributed by atoms with Crippen molar-refractivity contribution < 1.29 is 4.79 Å². The van der Waals surface area contributed by atoms with E-state index in [1.165, 1.54) is 5.56 Å². The molecule has 3 rings (SSSR count). The van der Waals surface area contributed by atoms with Crippen LogP contribution in [0.15, 0.2) is 36.5 Å². The van der Waals surface area contributed by atoms with Crippen molar-refractivity contribution in [3.8, 4) is 0 Å². The van der Waals surface area contributed by atoms with Crippen molar-refractivity contribution in [2.24, 2.45) is 0 Å². The molecule has 0 saturated heterocycles. The number of hydrogen-bond acceptors (Lipinski definition) is 4. The van der Waals surface area contributed by atoms with Gasteiger partial charge in [0.2, 0.25) is 5.95 Å². The van der Waals surface area contributed by atoms with Gasteiger partial charge >= 0.3 is 0 Å². The van der Waals surface area contributed by atoms with Crippen LogP contribution in [0.1, 0.15) is 48.7 Å². The van der Waals surface area contributed by atoms with Gasteiger partial charge in [0.05, 0.1) is 0 Å². The first-order valence-corrected chi connectivity index (χ1v) is 7.63. The Balaban J connectivity index is 1.70. The fourth-order valence-corrected chi connectivity index (χ4v) is 2.11. The molecule has 0 aliphatic heterocycles. The fourth-order valence-electron chi connectivity index (χ4n) is 2.11. The van der Waals surface area contributed by atoms with Crippen LogP contribution in [0.25, 0.3) is 0 Å². The molecule has 1 aliphatic rings. The van der Waals surface area contributed by atoms with Crippen molar-refractivity contribution in [1.29, 1.82) is 0 Å². The number of hydrogen-bond donors (Lipinski definition) is 2. The zero-order valence-electron chi connectivity index (χ0n) is 12.8. The summed E-state index contributed by atoms with van der Waals surface area (Å²) in [6.45, 7) is 4.32. The molecule has 1 heterocycles. The van der Waals surface area contributed by atoms with Gasteiger partial charge in [0, 0.05) is 17.9 Å². The lowest BCUT2D eigenvalue weighted by atomic mass is 10.0. The SMILES string of the molecule is CC(C)c1ccc(Nc2nccc(C(=O)NC3CC3)n2)cc1. The predicted molar refractivity (Wildman–Crippen MR) is 86.3 cm³/mol. The molecule has 1 aromatic carbocycles. The summed E-state index contributed by atoms with van der Waals surface area (Å²) < 4.78 is 0. The highest BCUT2D eigenvalue weighted by Crippen LogP contribution is 2.20. The summed E-state index contributed by atoms with van der Waals surface area (Å²) in [6.07, 6.45) is 3.72. The Hall–Kier alpha value is -2.43. The summed E-state index contributed by atoms with van der Waals surface area (Å²) in [6, 6.07) is 10.1. The van der Waals surface area contributed by atoms with Crippen LogP contribution in [0.5, 0.6) is 0 Å². The molecule has 0 atom stereocenters. The highest BCUT2D eigenvalue weighted by Gasteiger charge is 2.24. The minimum Gasteiger partial charge on any atom is -0.348 e. The number of anilines is 2. The van der Waals surface area contributed by atoms with E-state index in [-0.39, 0.29) is 5.91 Å². The molecule has 22 heavy (non-hydrogen) atoms. The van der Waals surface area contributed by atoms with E-state index >= 15 is 0 Å². The van der Waals surface area contributed by atoms with Gasteiger partial charge < -0.3 is 10.6 Å². The Morgan fingerprint density at radius 1 is 1.18 bits per heavy atom. The van der Waals surface area contributed by atoms with Gasteiger partial charge in [-0.1, -0.05) is 26.0 Å². The molecule has 1 saturated carbocycles. The summed E-state index contributed by atoms with van der Waals surface area (Å²) in [4.78, 5) is 20.4. The Labute approximate surface area is 130 Å². The standard InChI is InChI=1S/C17H20N4O/c1-11(2)12-3-5-14(6-4-12)20-17-18-10-9-15(21-17)16(22)19-13-7-8-13/h3-6,9-11,13H,7-8H2,1-2H3,(H,19,22)(H,18,20,21). The number of amides is 1. The smallest absolute Gasteiger partial charge is 0.270 e. The van der Waals surface area contributed by atoms with Gasteiger partial charge in [0.25, 0.3) is 5.91 Å². The van der Waals surface area contributed by atoms with E-state index < -0.39 is 0 Å². The van der Waals surface area contributed by atoms with Gasteiger partial charge in [-0.15, -0.1) is 0 Å². The van der Waals surface area contributed by atoms with E-state index in [0.29, 0.717) is 23.6 Å². The molecular weight excluding hydrogens is 276 g/mol. The number of aromatic nitrogens is 2. The van der Waals surface area contributed by atoms with E-state index in [1.54, 1.807) is 12.3 Å². The highest BCUT2D eigenvalue weighted by atomic mass is 16.2. The summed E-state index contributed by atoms with van der Waals surface area (Å²) in [5.74, 6) is 0.795. The van der Waals surface area contributed by atoms with E-state index in [4.69, 9.17) is 0 Å². The Morgan fingerprint density at radius 2 is 1.91 bits per heavy atom. The quantitative estimate of drug-likeness (QED) is 0.889. The molecule has 2 aromatic rings. The first-order valence-electron chi connectivity index (χ1n) is 7.63. The average Bonchev–Trinajstić information content (AvgIpc) is 3.32. The van der Waals surface area contributed by atoms with Gasteiger partial charge in [-0.05, 0) is 42.5 Å². The molecule has 1 fully saturated rings. The lowest BCUT2D eigenvalue weighted by Gasteiger charge is -2.09. The molecule has 114 valence electrons. The first-order chi connectivity index (χ1) is 10.6. The molecule has 0 unspecified atom stereocenters. The minimum atomic E-state index is -0.136.